The zero-order valence-corrected chi connectivity index (χ0v) is 36.2. The fraction of sp³-hybridized carbons (Fsp3) is 0.478. The number of amides is 3. The highest BCUT2D eigenvalue weighted by molar-refractivity contribution is 7.80. The number of thiocarbonyl (C=S) groups is 1. The molecule has 3 N–H and O–H groups in total. The summed E-state index contributed by atoms with van der Waals surface area (Å²) >= 11 is 5.90. The summed E-state index contributed by atoms with van der Waals surface area (Å²) in [6.45, 7) is 12.0. The van der Waals surface area contributed by atoms with Gasteiger partial charge in [0.1, 0.15) is 17.8 Å². The number of esters is 1. The van der Waals surface area contributed by atoms with E-state index in [1.165, 1.54) is 5.01 Å². The number of rotatable bonds is 8. The van der Waals surface area contributed by atoms with E-state index in [1.54, 1.807) is 30.3 Å². The highest BCUT2D eigenvalue weighted by atomic mass is 32.1. The van der Waals surface area contributed by atoms with Gasteiger partial charge >= 0.3 is 5.97 Å². The van der Waals surface area contributed by atoms with Crippen molar-refractivity contribution < 1.29 is 33.8 Å². The van der Waals surface area contributed by atoms with Crippen molar-refractivity contribution in [3.63, 3.8) is 0 Å². The molecule has 6 bridgehead atoms. The van der Waals surface area contributed by atoms with Gasteiger partial charge in [-0.2, -0.15) is 0 Å². The van der Waals surface area contributed by atoms with Crippen LogP contribution >= 0.6 is 12.2 Å². The van der Waals surface area contributed by atoms with Crippen LogP contribution in [0.1, 0.15) is 77.0 Å². The summed E-state index contributed by atoms with van der Waals surface area (Å²) in [7, 11) is 1.68. The SMILES string of the molecule is CCn1c(-c2cnccc2COC)c2c3cc(ccc31)-c1cc(O)cc(c1)C[C@H](C(=S)NC(=O)[C@H](C(C)C)N1CCCC1=O)C(=O)N1CCC[C@H](N1)C(=O)OCC(C)(C)C2. The molecule has 60 heavy (non-hydrogen) atoms. The molecule has 0 spiro atoms. The Morgan fingerprint density at radius 1 is 1.10 bits per heavy atom. The number of ether oxygens (including phenoxy) is 2. The maximum absolute atomic E-state index is 14.6. The molecule has 2 aromatic heterocycles. The number of carbonyl (C=O) groups is 4. The van der Waals surface area contributed by atoms with Gasteiger partial charge in [-0.25, -0.2) is 5.43 Å². The summed E-state index contributed by atoms with van der Waals surface area (Å²) in [5, 5.41) is 16.5. The standard InChI is InChI=1S/C46H56N6O7S/c1-7-50-38-13-12-29-22-33(38)35(41(50)36-24-47-15-14-30(36)25-58-6)23-46(4,5)26-59-45(57)37-10-8-17-52(49-37)44(56)34(20-28-18-31(29)21-32(53)19-28)43(60)48-42(55)40(27(2)3)51-16-9-11-39(51)54/h12-15,18-19,21-22,24,27,34,37,40,49,53H,7-11,16-17,20,23,25-26H2,1-6H3,(H,48,55,60)/t34-,37+,40+/m1/s1. The number of phenolic OH excluding ortho intramolecular Hbond substituents is 1. The molecule has 0 radical (unpaired) electrons. The number of aryl methyl sites for hydroxylation is 1. The van der Waals surface area contributed by atoms with Crippen molar-refractivity contribution >= 4 is 51.8 Å². The van der Waals surface area contributed by atoms with Crippen LogP contribution in [0.4, 0.5) is 0 Å². The number of hydrogen-bond acceptors (Lipinski definition) is 10. The average Bonchev–Trinajstić information content (AvgIpc) is 3.77. The van der Waals surface area contributed by atoms with Crippen LogP contribution in [0.3, 0.4) is 0 Å². The number of benzene rings is 2. The van der Waals surface area contributed by atoms with Gasteiger partial charge in [-0.1, -0.05) is 52.0 Å². The number of carbonyl (C=O) groups excluding carboxylic acids is 4. The highest BCUT2D eigenvalue weighted by Gasteiger charge is 2.39. The first-order chi connectivity index (χ1) is 28.7. The van der Waals surface area contributed by atoms with Crippen molar-refractivity contribution in [3.05, 3.63) is 71.5 Å². The Kier molecular flexibility index (Phi) is 12.7. The second-order valence-electron chi connectivity index (χ2n) is 17.4. The summed E-state index contributed by atoms with van der Waals surface area (Å²) in [6.07, 6.45) is 6.30. The zero-order chi connectivity index (χ0) is 42.9. The van der Waals surface area contributed by atoms with Crippen molar-refractivity contribution in [1.29, 1.82) is 0 Å². The summed E-state index contributed by atoms with van der Waals surface area (Å²) in [5.74, 6) is -2.68. The van der Waals surface area contributed by atoms with E-state index in [-0.39, 0.29) is 35.6 Å². The third kappa shape index (κ3) is 8.82. The van der Waals surface area contributed by atoms with Gasteiger partial charge in [0.25, 0.3) is 0 Å². The van der Waals surface area contributed by atoms with Gasteiger partial charge in [0.2, 0.25) is 17.7 Å². The van der Waals surface area contributed by atoms with Gasteiger partial charge < -0.3 is 29.4 Å². The Bertz CT molecular complexity index is 2320. The minimum absolute atomic E-state index is 0.00224. The zero-order valence-electron chi connectivity index (χ0n) is 35.4. The van der Waals surface area contributed by atoms with E-state index in [2.05, 4.69) is 53.2 Å². The molecule has 2 fully saturated rings. The topological polar surface area (TPSA) is 155 Å². The molecule has 3 amide bonds. The number of nitrogens with zero attached hydrogens (tertiary/aromatic N) is 4. The molecule has 0 unspecified atom stereocenters. The first-order valence-electron chi connectivity index (χ1n) is 21.0. The molecule has 0 aliphatic carbocycles. The Hall–Kier alpha value is -5.18. The number of cyclic esters (lactones) is 1. The van der Waals surface area contributed by atoms with Crippen molar-refractivity contribution in [1.82, 2.24) is 30.2 Å². The highest BCUT2D eigenvalue weighted by Crippen LogP contribution is 2.41. The molecular formula is C46H56N6O7S. The number of hydrogen-bond donors (Lipinski definition) is 3. The Morgan fingerprint density at radius 2 is 1.90 bits per heavy atom. The number of methoxy groups -OCH3 is 1. The second kappa shape index (κ2) is 17.8. The lowest BCUT2D eigenvalue weighted by molar-refractivity contribution is -0.155. The van der Waals surface area contributed by atoms with E-state index in [4.69, 9.17) is 21.7 Å². The van der Waals surface area contributed by atoms with E-state index in [1.807, 2.05) is 38.2 Å². The van der Waals surface area contributed by atoms with Crippen LogP contribution in [0.5, 0.6) is 5.75 Å². The van der Waals surface area contributed by atoms with Crippen LogP contribution in [0.2, 0.25) is 0 Å². The Labute approximate surface area is 356 Å². The number of hydrazine groups is 1. The molecule has 7 rings (SSSR count). The average molecular weight is 837 g/mol. The number of nitrogens with one attached hydrogen (secondary N) is 2. The molecule has 318 valence electrons. The predicted octanol–water partition coefficient (Wildman–Crippen LogP) is 6.11. The molecule has 4 aromatic rings. The summed E-state index contributed by atoms with van der Waals surface area (Å²) in [4.78, 5) is 61.2. The molecule has 3 aliphatic rings. The van der Waals surface area contributed by atoms with E-state index < -0.39 is 41.2 Å². The van der Waals surface area contributed by atoms with Crippen molar-refractivity contribution in [2.24, 2.45) is 17.3 Å². The molecule has 2 saturated heterocycles. The van der Waals surface area contributed by atoms with Crippen LogP contribution in [0.15, 0.2) is 54.9 Å². The lowest BCUT2D eigenvalue weighted by Crippen LogP contribution is -2.59. The van der Waals surface area contributed by atoms with E-state index >= 15 is 0 Å². The normalized spacial score (nSPS) is 20.3. The van der Waals surface area contributed by atoms with E-state index in [0.29, 0.717) is 63.9 Å². The van der Waals surface area contributed by atoms with Crippen LogP contribution < -0.4 is 10.7 Å². The number of aromatic nitrogens is 2. The van der Waals surface area contributed by atoms with Crippen molar-refractivity contribution in [2.45, 2.75) is 98.4 Å². The van der Waals surface area contributed by atoms with E-state index in [0.717, 1.165) is 44.4 Å². The molecule has 3 atom stereocenters. The fourth-order valence-electron chi connectivity index (χ4n) is 9.07. The van der Waals surface area contributed by atoms with Gasteiger partial charge in [-0.15, -0.1) is 0 Å². The van der Waals surface area contributed by atoms with Gasteiger partial charge in [0, 0.05) is 67.4 Å². The maximum Gasteiger partial charge on any atom is 0.324 e. The Balaban J connectivity index is 1.35. The summed E-state index contributed by atoms with van der Waals surface area (Å²) in [6, 6.07) is 11.9. The third-order valence-corrected chi connectivity index (χ3v) is 12.3. The van der Waals surface area contributed by atoms with Gasteiger partial charge in [0.05, 0.1) is 29.8 Å². The number of likely N-dealkylation sites (tertiary alicyclic amines) is 1. The third-order valence-electron chi connectivity index (χ3n) is 11.9. The predicted molar refractivity (Wildman–Crippen MR) is 232 cm³/mol. The molecule has 14 heteroatoms. The summed E-state index contributed by atoms with van der Waals surface area (Å²) in [5.41, 5.74) is 9.89. The molecule has 0 saturated carbocycles. The minimum Gasteiger partial charge on any atom is -0.508 e. The smallest absolute Gasteiger partial charge is 0.324 e. The van der Waals surface area contributed by atoms with E-state index in [9.17, 15) is 24.3 Å². The van der Waals surface area contributed by atoms with Gasteiger partial charge in [-0.05, 0) is 103 Å². The van der Waals surface area contributed by atoms with Crippen LogP contribution in [0.25, 0.3) is 33.3 Å². The van der Waals surface area contributed by atoms with Crippen molar-refractivity contribution in [3.8, 4) is 28.1 Å². The lowest BCUT2D eigenvalue weighted by atomic mass is 9.84. The number of pyridine rings is 1. The molecular weight excluding hydrogens is 781 g/mol. The largest absolute Gasteiger partial charge is 0.508 e. The monoisotopic (exact) mass is 836 g/mol. The summed E-state index contributed by atoms with van der Waals surface area (Å²) < 4.78 is 14.0. The molecule has 5 heterocycles. The maximum atomic E-state index is 14.6. The van der Waals surface area contributed by atoms with Crippen molar-refractivity contribution in [2.75, 3.05) is 26.8 Å². The lowest BCUT2D eigenvalue weighted by Gasteiger charge is -2.36. The first kappa shape index (κ1) is 42.9. The number of aromatic hydroxyl groups is 1. The fourth-order valence-corrected chi connectivity index (χ4v) is 9.36. The molecule has 3 aliphatic heterocycles. The molecule has 2 aromatic carbocycles. The number of fused-ring (bicyclic) bond motifs is 6. The van der Waals surface area contributed by atoms with Gasteiger partial charge in [-0.3, -0.25) is 29.2 Å². The molecule has 13 nitrogen and oxygen atoms in total. The quantitative estimate of drug-likeness (QED) is 0.140. The minimum atomic E-state index is -1.06. The van der Waals surface area contributed by atoms with Crippen LogP contribution in [0, 0.1) is 17.3 Å². The second-order valence-corrected chi connectivity index (χ2v) is 17.8. The van der Waals surface area contributed by atoms with Crippen LogP contribution in [-0.2, 0) is 54.6 Å². The number of phenols is 1. The first-order valence-corrected chi connectivity index (χ1v) is 21.4. The Morgan fingerprint density at radius 3 is 2.62 bits per heavy atom. The van der Waals surface area contributed by atoms with Crippen LogP contribution in [-0.4, -0.2) is 92.1 Å². The van der Waals surface area contributed by atoms with Gasteiger partial charge in [0.15, 0.2) is 0 Å².